The van der Waals surface area contributed by atoms with Crippen molar-refractivity contribution in [1.29, 1.82) is 0 Å². The van der Waals surface area contributed by atoms with Gasteiger partial charge >= 0.3 is 5.97 Å². The van der Waals surface area contributed by atoms with Gasteiger partial charge in [-0.2, -0.15) is 0 Å². The number of esters is 1. The molecule has 3 saturated carbocycles. The van der Waals surface area contributed by atoms with Crippen LogP contribution in [0.15, 0.2) is 23.8 Å². The first-order chi connectivity index (χ1) is 19.8. The lowest BCUT2D eigenvalue weighted by molar-refractivity contribution is -0.143. The molecule has 4 aliphatic carbocycles. The Bertz CT molecular complexity index is 1160. The maximum Gasteiger partial charge on any atom is 0.342 e. The van der Waals surface area contributed by atoms with E-state index in [9.17, 15) is 4.79 Å². The minimum absolute atomic E-state index is 0.120. The van der Waals surface area contributed by atoms with Crippen LogP contribution < -0.4 is 0 Å². The van der Waals surface area contributed by atoms with Gasteiger partial charge in [0.25, 0.3) is 0 Å². The summed E-state index contributed by atoms with van der Waals surface area (Å²) in [6.07, 6.45) is 16.6. The van der Waals surface area contributed by atoms with Crippen LogP contribution in [0.2, 0.25) is 0 Å². The monoisotopic (exact) mass is 912 g/mol. The number of halogens is 3. The molecule has 234 valence electrons. The van der Waals surface area contributed by atoms with E-state index in [4.69, 9.17) is 9.47 Å². The van der Waals surface area contributed by atoms with E-state index >= 15 is 0 Å². The van der Waals surface area contributed by atoms with Crippen LogP contribution in [0.3, 0.4) is 0 Å². The van der Waals surface area contributed by atoms with Gasteiger partial charge in [0.05, 0.1) is 11.7 Å². The summed E-state index contributed by atoms with van der Waals surface area (Å²) in [5.41, 5.74) is 3.11. The second-order valence-electron chi connectivity index (χ2n) is 15.0. The predicted octanol–water partition coefficient (Wildman–Crippen LogP) is 11.4. The van der Waals surface area contributed by atoms with Crippen LogP contribution in [0.1, 0.15) is 123 Å². The maximum atomic E-state index is 13.0. The third kappa shape index (κ3) is 6.82. The molecule has 0 bridgehead atoms. The van der Waals surface area contributed by atoms with E-state index in [1.54, 1.807) is 5.57 Å². The van der Waals surface area contributed by atoms with Gasteiger partial charge in [-0.25, -0.2) is 4.79 Å². The first-order valence-electron chi connectivity index (χ1n) is 16.5. The second kappa shape index (κ2) is 13.7. The van der Waals surface area contributed by atoms with Crippen LogP contribution in [-0.2, 0) is 9.47 Å². The first kappa shape index (κ1) is 33.9. The Labute approximate surface area is 296 Å². The van der Waals surface area contributed by atoms with Crippen molar-refractivity contribution in [3.05, 3.63) is 40.1 Å². The molecule has 0 heterocycles. The number of carbonyl (C=O) groups is 1. The lowest BCUT2D eigenvalue weighted by atomic mass is 9.47. The molecule has 6 heteroatoms. The van der Waals surface area contributed by atoms with E-state index in [-0.39, 0.29) is 12.1 Å². The van der Waals surface area contributed by atoms with Crippen molar-refractivity contribution in [2.75, 3.05) is 0 Å². The van der Waals surface area contributed by atoms with Gasteiger partial charge in [0.2, 0.25) is 6.29 Å². The molecule has 3 fully saturated rings. The van der Waals surface area contributed by atoms with Crippen molar-refractivity contribution in [3.8, 4) is 0 Å². The molecule has 0 spiro atoms. The van der Waals surface area contributed by atoms with Gasteiger partial charge in [-0.3, -0.25) is 0 Å². The summed E-state index contributed by atoms with van der Waals surface area (Å²) >= 11 is 6.74. The third-order valence-corrected chi connectivity index (χ3v) is 14.5. The fraction of sp³-hybridized carbons (Fsp3) is 0.750. The number of fused-ring (bicyclic) bond motifs is 5. The molecule has 0 aliphatic heterocycles. The molecular formula is C36H51I3O3. The minimum Gasteiger partial charge on any atom is -0.432 e. The molecule has 0 aromatic heterocycles. The van der Waals surface area contributed by atoms with Gasteiger partial charge < -0.3 is 9.47 Å². The third-order valence-electron chi connectivity index (χ3n) is 12.1. The summed E-state index contributed by atoms with van der Waals surface area (Å²) in [7, 11) is 0. The molecule has 9 atom stereocenters. The Morgan fingerprint density at radius 3 is 2.36 bits per heavy atom. The Morgan fingerprint density at radius 2 is 1.67 bits per heavy atom. The molecule has 0 N–H and O–H groups in total. The fourth-order valence-corrected chi connectivity index (χ4v) is 14.0. The van der Waals surface area contributed by atoms with Crippen LogP contribution >= 0.6 is 67.8 Å². The lowest BCUT2D eigenvalue weighted by Crippen LogP contribution is -2.51. The van der Waals surface area contributed by atoms with Crippen molar-refractivity contribution in [2.24, 2.45) is 46.3 Å². The molecule has 1 aromatic rings. The summed E-state index contributed by atoms with van der Waals surface area (Å²) in [5.74, 6) is 4.86. The predicted molar refractivity (Wildman–Crippen MR) is 197 cm³/mol. The van der Waals surface area contributed by atoms with Crippen LogP contribution in [0.5, 0.6) is 0 Å². The van der Waals surface area contributed by atoms with E-state index in [0.29, 0.717) is 16.4 Å². The quantitative estimate of drug-likeness (QED) is 0.107. The molecule has 42 heavy (non-hydrogen) atoms. The Kier molecular flexibility index (Phi) is 11.1. The summed E-state index contributed by atoms with van der Waals surface area (Å²) in [6.45, 7) is 14.5. The summed E-state index contributed by atoms with van der Waals surface area (Å²) in [6, 6.07) is 4.04. The van der Waals surface area contributed by atoms with Crippen molar-refractivity contribution >= 4 is 73.7 Å². The summed E-state index contributed by atoms with van der Waals surface area (Å²) < 4.78 is 15.2. The molecule has 3 nitrogen and oxygen atoms in total. The highest BCUT2D eigenvalue weighted by Crippen LogP contribution is 2.67. The minimum atomic E-state index is -0.553. The van der Waals surface area contributed by atoms with Crippen molar-refractivity contribution in [3.63, 3.8) is 0 Å². The van der Waals surface area contributed by atoms with Gasteiger partial charge in [0, 0.05) is 10.7 Å². The molecule has 5 rings (SSSR count). The standard InChI is InChI=1S/C36H51I3O3/c1-21(2)8-7-9-22(3)28-12-13-29-27-11-10-24-18-26(14-16-35(24,5)30(27)15-17-36(28,29)6)41-23(4)42-34(40)33-31(38)19-25(37)20-32(33)39/h10,19-23,26-30H,7-9,11-18H2,1-6H3/t22-,23?,26+,27?,28-,29?,30?,35+,36-/m1/s1. The van der Waals surface area contributed by atoms with Gasteiger partial charge in [0.1, 0.15) is 0 Å². The van der Waals surface area contributed by atoms with Crippen LogP contribution in [0.4, 0.5) is 0 Å². The first-order valence-corrected chi connectivity index (χ1v) is 19.8. The van der Waals surface area contributed by atoms with Gasteiger partial charge in [-0.15, -0.1) is 0 Å². The molecular weight excluding hydrogens is 861 g/mol. The molecule has 1 aromatic carbocycles. The largest absolute Gasteiger partial charge is 0.432 e. The number of rotatable bonds is 9. The van der Waals surface area contributed by atoms with Crippen LogP contribution in [-0.4, -0.2) is 18.4 Å². The number of hydrogen-bond acceptors (Lipinski definition) is 3. The van der Waals surface area contributed by atoms with E-state index in [0.717, 1.165) is 59.1 Å². The summed E-state index contributed by atoms with van der Waals surface area (Å²) in [4.78, 5) is 13.0. The van der Waals surface area contributed by atoms with Gasteiger partial charge in [0.15, 0.2) is 0 Å². The molecule has 4 unspecified atom stereocenters. The highest BCUT2D eigenvalue weighted by molar-refractivity contribution is 14.1. The number of allylic oxidation sites excluding steroid dienone is 1. The van der Waals surface area contributed by atoms with E-state index < -0.39 is 6.29 Å². The molecule has 0 saturated heterocycles. The number of carbonyl (C=O) groups excluding carboxylic acids is 1. The lowest BCUT2D eigenvalue weighted by Gasteiger charge is -2.58. The Morgan fingerprint density at radius 1 is 0.952 bits per heavy atom. The molecule has 0 amide bonds. The normalized spacial score (nSPS) is 35.6. The van der Waals surface area contributed by atoms with E-state index in [1.807, 2.05) is 19.1 Å². The average Bonchev–Trinajstić information content (AvgIpc) is 3.25. The topological polar surface area (TPSA) is 35.5 Å². The zero-order valence-corrected chi connectivity index (χ0v) is 33.0. The highest BCUT2D eigenvalue weighted by atomic mass is 127. The van der Waals surface area contributed by atoms with Crippen LogP contribution in [0, 0.1) is 57.0 Å². The van der Waals surface area contributed by atoms with Crippen molar-refractivity contribution in [2.45, 2.75) is 125 Å². The summed E-state index contributed by atoms with van der Waals surface area (Å²) in [5, 5.41) is 0. The Hall–Kier alpha value is 0.580. The zero-order valence-electron chi connectivity index (χ0n) is 26.5. The maximum absolute atomic E-state index is 13.0. The average molecular weight is 913 g/mol. The number of benzene rings is 1. The van der Waals surface area contributed by atoms with E-state index in [2.05, 4.69) is 108 Å². The SMILES string of the molecule is CC(C)CCC[C@@H](C)[C@H]1CCC2C3CC=C4C[C@@H](OC(C)OC(=O)c5c(I)cc(I)cc5I)CC[C@]4(C)C3CC[C@@]21C. The zero-order chi connectivity index (χ0) is 30.4. The molecule has 0 radical (unpaired) electrons. The van der Waals surface area contributed by atoms with Gasteiger partial charge in [-0.05, 0) is 185 Å². The Balaban J connectivity index is 1.20. The van der Waals surface area contributed by atoms with Crippen LogP contribution in [0.25, 0.3) is 0 Å². The molecule has 4 aliphatic rings. The van der Waals surface area contributed by atoms with Gasteiger partial charge in [-0.1, -0.05) is 65.5 Å². The number of hydrogen-bond donors (Lipinski definition) is 0. The smallest absolute Gasteiger partial charge is 0.342 e. The number of ether oxygens (including phenoxy) is 2. The fourth-order valence-electron chi connectivity index (χ4n) is 10.0. The van der Waals surface area contributed by atoms with E-state index in [1.165, 1.54) is 57.8 Å². The van der Waals surface area contributed by atoms with Crippen molar-refractivity contribution in [1.82, 2.24) is 0 Å². The highest BCUT2D eigenvalue weighted by Gasteiger charge is 2.59. The van der Waals surface area contributed by atoms with Crippen molar-refractivity contribution < 1.29 is 14.3 Å². The second-order valence-corrected chi connectivity index (χ2v) is 18.6.